The Kier molecular flexibility index (Phi) is 4.42. The molecule has 8 heteroatoms. The van der Waals surface area contributed by atoms with E-state index in [0.717, 1.165) is 12.1 Å². The van der Waals surface area contributed by atoms with Gasteiger partial charge in [-0.2, -0.15) is 0 Å². The first-order valence-corrected chi connectivity index (χ1v) is 6.61. The molecule has 0 aliphatic carbocycles. The van der Waals surface area contributed by atoms with Crippen LogP contribution < -0.4 is 5.73 Å². The molecule has 0 unspecified atom stereocenters. The second-order valence-electron chi connectivity index (χ2n) is 4.57. The molecule has 0 bridgehead atoms. The van der Waals surface area contributed by atoms with E-state index in [2.05, 4.69) is 0 Å². The Balaban J connectivity index is 2.03. The van der Waals surface area contributed by atoms with E-state index in [1.807, 2.05) is 0 Å². The van der Waals surface area contributed by atoms with Crippen LogP contribution in [-0.2, 0) is 9.59 Å². The molecule has 3 amide bonds. The van der Waals surface area contributed by atoms with Gasteiger partial charge in [-0.15, -0.1) is 0 Å². The molecule has 0 radical (unpaired) electrons. The number of nitrogens with zero attached hydrogens (tertiary/aromatic N) is 2. The molecule has 1 aliphatic heterocycles. The quantitative estimate of drug-likeness (QED) is 0.754. The van der Waals surface area contributed by atoms with Crippen molar-refractivity contribution in [2.24, 2.45) is 5.73 Å². The van der Waals surface area contributed by atoms with Crippen LogP contribution in [0.15, 0.2) is 18.2 Å². The van der Waals surface area contributed by atoms with Crippen LogP contribution in [0.2, 0.25) is 5.02 Å². The molecule has 0 spiro atoms. The van der Waals surface area contributed by atoms with Crippen molar-refractivity contribution in [2.45, 2.75) is 0 Å². The van der Waals surface area contributed by atoms with Crippen molar-refractivity contribution in [1.29, 1.82) is 0 Å². The smallest absolute Gasteiger partial charge is 0.311 e. The SMILES string of the molecule is NC(=O)C(=O)N1CCN(C(=O)c2ccc(F)cc2Cl)CC1. The lowest BCUT2D eigenvalue weighted by molar-refractivity contribution is -0.145. The number of primary amides is 1. The van der Waals surface area contributed by atoms with Crippen LogP contribution in [0, 0.1) is 5.82 Å². The van der Waals surface area contributed by atoms with E-state index in [9.17, 15) is 18.8 Å². The van der Waals surface area contributed by atoms with Gasteiger partial charge in [0, 0.05) is 26.2 Å². The predicted octanol–water partition coefficient (Wildman–Crippen LogP) is 0.249. The first kappa shape index (κ1) is 15.2. The van der Waals surface area contributed by atoms with Crippen LogP contribution in [0.3, 0.4) is 0 Å². The van der Waals surface area contributed by atoms with Crippen LogP contribution in [-0.4, -0.2) is 53.7 Å². The zero-order valence-corrected chi connectivity index (χ0v) is 11.8. The monoisotopic (exact) mass is 313 g/mol. The number of hydrogen-bond donors (Lipinski definition) is 1. The van der Waals surface area contributed by atoms with Gasteiger partial charge in [0.25, 0.3) is 5.91 Å². The molecule has 1 saturated heterocycles. The molecule has 1 aromatic carbocycles. The molecule has 112 valence electrons. The predicted molar refractivity (Wildman–Crippen MR) is 73.1 cm³/mol. The summed E-state index contributed by atoms with van der Waals surface area (Å²) in [5.41, 5.74) is 5.12. The maximum absolute atomic E-state index is 13.0. The molecule has 0 atom stereocenters. The summed E-state index contributed by atoms with van der Waals surface area (Å²) < 4.78 is 13.0. The maximum atomic E-state index is 13.0. The van der Waals surface area contributed by atoms with E-state index in [4.69, 9.17) is 17.3 Å². The minimum atomic E-state index is -1.02. The van der Waals surface area contributed by atoms with E-state index in [1.54, 1.807) is 0 Å². The molecule has 6 nitrogen and oxygen atoms in total. The Labute approximate surface area is 125 Å². The molecule has 0 aromatic heterocycles. The third-order valence-corrected chi connectivity index (χ3v) is 3.54. The number of benzene rings is 1. The van der Waals surface area contributed by atoms with Gasteiger partial charge in [-0.1, -0.05) is 11.6 Å². The van der Waals surface area contributed by atoms with Crippen molar-refractivity contribution in [3.05, 3.63) is 34.6 Å². The normalized spacial score (nSPS) is 15.0. The number of nitrogens with two attached hydrogens (primary N) is 1. The van der Waals surface area contributed by atoms with Crippen LogP contribution in [0.1, 0.15) is 10.4 Å². The fraction of sp³-hybridized carbons (Fsp3) is 0.308. The Hall–Kier alpha value is -2.15. The Morgan fingerprint density at radius 1 is 1.10 bits per heavy atom. The summed E-state index contributed by atoms with van der Waals surface area (Å²) in [4.78, 5) is 37.3. The second kappa shape index (κ2) is 6.09. The van der Waals surface area contributed by atoms with Gasteiger partial charge in [-0.05, 0) is 18.2 Å². The summed E-state index contributed by atoms with van der Waals surface area (Å²) in [5.74, 6) is -2.64. The Morgan fingerprint density at radius 3 is 2.19 bits per heavy atom. The van der Waals surface area contributed by atoms with Crippen molar-refractivity contribution in [2.75, 3.05) is 26.2 Å². The lowest BCUT2D eigenvalue weighted by Crippen LogP contribution is -2.53. The average molecular weight is 314 g/mol. The molecule has 2 N–H and O–H groups in total. The number of halogens is 2. The highest BCUT2D eigenvalue weighted by Crippen LogP contribution is 2.19. The average Bonchev–Trinajstić information content (AvgIpc) is 2.46. The van der Waals surface area contributed by atoms with Crippen LogP contribution >= 0.6 is 11.6 Å². The standard InChI is InChI=1S/C13H13ClFN3O3/c14-10-7-8(15)1-2-9(10)12(20)17-3-5-18(6-4-17)13(21)11(16)19/h1-2,7H,3-6H2,(H2,16,19). The fourth-order valence-electron chi connectivity index (χ4n) is 2.10. The third-order valence-electron chi connectivity index (χ3n) is 3.23. The maximum Gasteiger partial charge on any atom is 0.311 e. The fourth-order valence-corrected chi connectivity index (χ4v) is 2.35. The molecule has 1 aliphatic rings. The van der Waals surface area contributed by atoms with E-state index in [1.165, 1.54) is 15.9 Å². The molecule has 1 fully saturated rings. The molecule has 0 saturated carbocycles. The van der Waals surface area contributed by atoms with Crippen molar-refractivity contribution in [1.82, 2.24) is 9.80 Å². The van der Waals surface area contributed by atoms with Crippen LogP contribution in [0.25, 0.3) is 0 Å². The topological polar surface area (TPSA) is 83.7 Å². The summed E-state index contributed by atoms with van der Waals surface area (Å²) in [6.45, 7) is 0.940. The Morgan fingerprint density at radius 2 is 1.67 bits per heavy atom. The number of carbonyl (C=O) groups excluding carboxylic acids is 3. The van der Waals surface area contributed by atoms with Gasteiger partial charge in [0.15, 0.2) is 0 Å². The summed E-state index contributed by atoms with van der Waals surface area (Å²) in [5, 5.41) is 0.0376. The van der Waals surface area contributed by atoms with E-state index in [-0.39, 0.29) is 42.7 Å². The van der Waals surface area contributed by atoms with Gasteiger partial charge in [-0.25, -0.2) is 4.39 Å². The molecular weight excluding hydrogens is 301 g/mol. The van der Waals surface area contributed by atoms with Crippen molar-refractivity contribution in [3.63, 3.8) is 0 Å². The summed E-state index contributed by atoms with van der Waals surface area (Å²) >= 11 is 5.85. The second-order valence-corrected chi connectivity index (χ2v) is 4.98. The van der Waals surface area contributed by atoms with Gasteiger partial charge in [0.05, 0.1) is 10.6 Å². The van der Waals surface area contributed by atoms with Gasteiger partial charge in [0.1, 0.15) is 5.82 Å². The number of rotatable bonds is 1. The highest BCUT2D eigenvalue weighted by molar-refractivity contribution is 6.34. The van der Waals surface area contributed by atoms with E-state index >= 15 is 0 Å². The van der Waals surface area contributed by atoms with Crippen LogP contribution in [0.4, 0.5) is 4.39 Å². The number of piperazine rings is 1. The van der Waals surface area contributed by atoms with Gasteiger partial charge in [-0.3, -0.25) is 14.4 Å². The molecular formula is C13H13ClFN3O3. The highest BCUT2D eigenvalue weighted by atomic mass is 35.5. The van der Waals surface area contributed by atoms with Crippen molar-refractivity contribution >= 4 is 29.3 Å². The number of amides is 3. The molecule has 2 rings (SSSR count). The first-order valence-electron chi connectivity index (χ1n) is 6.23. The van der Waals surface area contributed by atoms with Crippen LogP contribution in [0.5, 0.6) is 0 Å². The summed E-state index contributed by atoms with van der Waals surface area (Å²) in [6.07, 6.45) is 0. The zero-order chi connectivity index (χ0) is 15.6. The van der Waals surface area contributed by atoms with Gasteiger partial charge >= 0.3 is 11.8 Å². The molecule has 1 heterocycles. The van der Waals surface area contributed by atoms with Crippen molar-refractivity contribution in [3.8, 4) is 0 Å². The third kappa shape index (κ3) is 3.30. The van der Waals surface area contributed by atoms with Crippen molar-refractivity contribution < 1.29 is 18.8 Å². The highest BCUT2D eigenvalue weighted by Gasteiger charge is 2.27. The molecule has 1 aromatic rings. The van der Waals surface area contributed by atoms with Gasteiger partial charge in [0.2, 0.25) is 0 Å². The van der Waals surface area contributed by atoms with Gasteiger partial charge < -0.3 is 15.5 Å². The zero-order valence-electron chi connectivity index (χ0n) is 11.0. The summed E-state index contributed by atoms with van der Waals surface area (Å²) in [6, 6.07) is 3.55. The number of hydrogen-bond acceptors (Lipinski definition) is 3. The minimum absolute atomic E-state index is 0.0376. The summed E-state index contributed by atoms with van der Waals surface area (Å²) in [7, 11) is 0. The minimum Gasteiger partial charge on any atom is -0.361 e. The molecule has 21 heavy (non-hydrogen) atoms. The lowest BCUT2D eigenvalue weighted by Gasteiger charge is -2.34. The Bertz CT molecular complexity index is 600. The lowest BCUT2D eigenvalue weighted by atomic mass is 10.1. The largest absolute Gasteiger partial charge is 0.361 e. The first-order chi connectivity index (χ1) is 9.90. The number of carbonyl (C=O) groups is 3. The van der Waals surface area contributed by atoms with E-state index in [0.29, 0.717) is 0 Å². The van der Waals surface area contributed by atoms with E-state index < -0.39 is 17.6 Å².